The van der Waals surface area contributed by atoms with Gasteiger partial charge in [0.2, 0.25) is 0 Å². The molecule has 0 saturated carbocycles. The summed E-state index contributed by atoms with van der Waals surface area (Å²) in [6.45, 7) is 3.42. The lowest BCUT2D eigenvalue weighted by molar-refractivity contribution is 0.0741. The van der Waals surface area contributed by atoms with Crippen LogP contribution in [0.1, 0.15) is 9.67 Å². The van der Waals surface area contributed by atoms with E-state index in [4.69, 9.17) is 0 Å². The Hall–Kier alpha value is -1.14. The lowest BCUT2D eigenvalue weighted by atomic mass is 10.2. The second-order valence-corrected chi connectivity index (χ2v) is 7.08. The molecule has 1 amide bonds. The minimum absolute atomic E-state index is 0. The van der Waals surface area contributed by atoms with Crippen LogP contribution in [0.5, 0.6) is 0 Å². The molecular weight excluding hydrogens is 324 g/mol. The number of benzene rings is 1. The van der Waals surface area contributed by atoms with Crippen molar-refractivity contribution in [3.05, 3.63) is 35.2 Å². The average Bonchev–Trinajstić information content (AvgIpc) is 3.05. The van der Waals surface area contributed by atoms with Crippen LogP contribution in [-0.4, -0.2) is 37.0 Å². The Balaban J connectivity index is 0.00000132. The first-order valence-corrected chi connectivity index (χ1v) is 8.37. The molecule has 0 bridgehead atoms. The molecule has 1 N–H and O–H groups in total. The number of fused-ring (bicyclic) bond motifs is 3. The summed E-state index contributed by atoms with van der Waals surface area (Å²) in [7, 11) is 0. The lowest BCUT2D eigenvalue weighted by Gasteiger charge is -2.26. The van der Waals surface area contributed by atoms with E-state index < -0.39 is 0 Å². The number of carbonyl (C=O) groups excluding carboxylic acids is 1. The highest BCUT2D eigenvalue weighted by Crippen LogP contribution is 2.39. The van der Waals surface area contributed by atoms with Crippen LogP contribution in [0.25, 0.3) is 19.5 Å². The van der Waals surface area contributed by atoms with E-state index in [1.807, 2.05) is 4.90 Å². The first-order chi connectivity index (χ1) is 9.83. The first kappa shape index (κ1) is 14.8. The maximum Gasteiger partial charge on any atom is 0.264 e. The summed E-state index contributed by atoms with van der Waals surface area (Å²) in [6.07, 6.45) is 0. The van der Waals surface area contributed by atoms with Crippen molar-refractivity contribution in [2.45, 2.75) is 0 Å². The van der Waals surface area contributed by atoms with E-state index in [1.165, 1.54) is 19.5 Å². The van der Waals surface area contributed by atoms with E-state index in [2.05, 4.69) is 35.6 Å². The van der Waals surface area contributed by atoms with Gasteiger partial charge in [-0.05, 0) is 12.1 Å². The number of hydrogen-bond donors (Lipinski definition) is 1. The maximum absolute atomic E-state index is 12.5. The number of piperazine rings is 1. The van der Waals surface area contributed by atoms with Gasteiger partial charge in [-0.2, -0.15) is 0 Å². The summed E-state index contributed by atoms with van der Waals surface area (Å²) in [6, 6.07) is 10.5. The van der Waals surface area contributed by atoms with Gasteiger partial charge in [0.25, 0.3) is 5.91 Å². The lowest BCUT2D eigenvalue weighted by Crippen LogP contribution is -2.46. The number of halogens is 1. The molecule has 1 aliphatic heterocycles. The zero-order chi connectivity index (χ0) is 13.5. The summed E-state index contributed by atoms with van der Waals surface area (Å²) in [5, 5.41) is 4.55. The van der Waals surface area contributed by atoms with Gasteiger partial charge in [-0.15, -0.1) is 35.1 Å². The van der Waals surface area contributed by atoms with Crippen LogP contribution in [0.3, 0.4) is 0 Å². The number of nitrogens with one attached hydrogen (secondary N) is 1. The number of amides is 1. The molecule has 1 aliphatic rings. The highest BCUT2D eigenvalue weighted by Gasteiger charge is 2.21. The number of carbonyl (C=O) groups is 1. The fourth-order valence-corrected chi connectivity index (χ4v) is 5.12. The molecule has 1 fully saturated rings. The van der Waals surface area contributed by atoms with Crippen LogP contribution in [0, 0.1) is 0 Å². The molecule has 0 spiro atoms. The molecule has 3 heterocycles. The quantitative estimate of drug-likeness (QED) is 0.735. The Kier molecular flexibility index (Phi) is 4.17. The van der Waals surface area contributed by atoms with Gasteiger partial charge in [0, 0.05) is 41.0 Å². The van der Waals surface area contributed by atoms with E-state index in [0.717, 1.165) is 31.1 Å². The van der Waals surface area contributed by atoms with Crippen LogP contribution in [0.15, 0.2) is 30.3 Å². The standard InChI is InChI=1S/C15H14N2OS2.ClH/c18-15(17-7-5-16-6-8-17)13-9-12-14(20-13)10-3-1-2-4-11(10)19-12;/h1-4,9,16H,5-8H2;1H. The van der Waals surface area contributed by atoms with E-state index in [0.29, 0.717) is 0 Å². The average molecular weight is 339 g/mol. The van der Waals surface area contributed by atoms with Crippen LogP contribution in [0.2, 0.25) is 0 Å². The molecule has 0 aliphatic carbocycles. The molecule has 3 aromatic rings. The zero-order valence-electron chi connectivity index (χ0n) is 11.3. The van der Waals surface area contributed by atoms with Gasteiger partial charge in [0.1, 0.15) is 0 Å². The SMILES string of the molecule is Cl.O=C(c1cc2sc3ccccc3c2s1)N1CCNCC1. The van der Waals surface area contributed by atoms with Crippen molar-refractivity contribution in [1.82, 2.24) is 10.2 Å². The number of nitrogens with zero attached hydrogens (tertiary/aromatic N) is 1. The van der Waals surface area contributed by atoms with Crippen molar-refractivity contribution in [1.29, 1.82) is 0 Å². The van der Waals surface area contributed by atoms with Crippen molar-refractivity contribution >= 4 is 60.5 Å². The Morgan fingerprint density at radius 1 is 1.10 bits per heavy atom. The Morgan fingerprint density at radius 2 is 1.86 bits per heavy atom. The summed E-state index contributed by atoms with van der Waals surface area (Å²) in [5.41, 5.74) is 0. The molecule has 0 unspecified atom stereocenters. The fraction of sp³-hybridized carbons (Fsp3) is 0.267. The molecular formula is C15H15ClN2OS2. The highest BCUT2D eigenvalue weighted by atomic mass is 35.5. The van der Waals surface area contributed by atoms with Gasteiger partial charge in [0.15, 0.2) is 0 Å². The first-order valence-electron chi connectivity index (χ1n) is 6.74. The third kappa shape index (κ3) is 2.55. The normalized spacial score (nSPS) is 15.3. The van der Waals surface area contributed by atoms with Crippen LogP contribution < -0.4 is 5.32 Å². The molecule has 1 aromatic carbocycles. The molecule has 6 heteroatoms. The molecule has 2 aromatic heterocycles. The van der Waals surface area contributed by atoms with Gasteiger partial charge >= 0.3 is 0 Å². The van der Waals surface area contributed by atoms with Crippen LogP contribution in [0.4, 0.5) is 0 Å². The van der Waals surface area contributed by atoms with Gasteiger partial charge in [0.05, 0.1) is 9.58 Å². The smallest absolute Gasteiger partial charge is 0.264 e. The third-order valence-corrected chi connectivity index (χ3v) is 6.07. The fourth-order valence-electron chi connectivity index (χ4n) is 2.63. The molecule has 3 nitrogen and oxygen atoms in total. The Labute approximate surface area is 137 Å². The summed E-state index contributed by atoms with van der Waals surface area (Å²) >= 11 is 3.41. The third-order valence-electron chi connectivity index (χ3n) is 3.66. The van der Waals surface area contributed by atoms with Crippen molar-refractivity contribution in [2.24, 2.45) is 0 Å². The molecule has 0 radical (unpaired) electrons. The van der Waals surface area contributed by atoms with Gasteiger partial charge in [-0.1, -0.05) is 18.2 Å². The van der Waals surface area contributed by atoms with Crippen molar-refractivity contribution in [3.63, 3.8) is 0 Å². The number of thiophene rings is 2. The molecule has 1 saturated heterocycles. The molecule has 4 rings (SSSR count). The second kappa shape index (κ2) is 5.93. The molecule has 21 heavy (non-hydrogen) atoms. The van der Waals surface area contributed by atoms with Gasteiger partial charge in [-0.3, -0.25) is 4.79 Å². The van der Waals surface area contributed by atoms with E-state index in [-0.39, 0.29) is 18.3 Å². The minimum atomic E-state index is 0. The summed E-state index contributed by atoms with van der Waals surface area (Å²) in [5.74, 6) is 0.184. The monoisotopic (exact) mass is 338 g/mol. The number of rotatable bonds is 1. The second-order valence-electron chi connectivity index (χ2n) is 4.94. The van der Waals surface area contributed by atoms with E-state index in [9.17, 15) is 4.79 Å². The topological polar surface area (TPSA) is 32.3 Å². The zero-order valence-corrected chi connectivity index (χ0v) is 13.7. The highest BCUT2D eigenvalue weighted by molar-refractivity contribution is 7.33. The van der Waals surface area contributed by atoms with Crippen molar-refractivity contribution in [2.75, 3.05) is 26.2 Å². The molecule has 0 atom stereocenters. The predicted octanol–water partition coefficient (Wildman–Crippen LogP) is 3.58. The largest absolute Gasteiger partial charge is 0.335 e. The van der Waals surface area contributed by atoms with Crippen LogP contribution in [-0.2, 0) is 0 Å². The van der Waals surface area contributed by atoms with E-state index in [1.54, 1.807) is 22.7 Å². The van der Waals surface area contributed by atoms with Crippen LogP contribution >= 0.6 is 35.1 Å². The summed E-state index contributed by atoms with van der Waals surface area (Å²) in [4.78, 5) is 15.3. The Bertz CT molecular complexity index is 789. The van der Waals surface area contributed by atoms with Gasteiger partial charge in [-0.25, -0.2) is 0 Å². The maximum atomic E-state index is 12.5. The summed E-state index contributed by atoms with van der Waals surface area (Å²) < 4.78 is 3.79. The van der Waals surface area contributed by atoms with E-state index >= 15 is 0 Å². The minimum Gasteiger partial charge on any atom is -0.335 e. The van der Waals surface area contributed by atoms with Crippen molar-refractivity contribution in [3.8, 4) is 0 Å². The Morgan fingerprint density at radius 3 is 2.67 bits per heavy atom. The number of hydrogen-bond acceptors (Lipinski definition) is 4. The van der Waals surface area contributed by atoms with Crippen molar-refractivity contribution < 1.29 is 4.79 Å². The predicted molar refractivity (Wildman–Crippen MR) is 93.2 cm³/mol. The van der Waals surface area contributed by atoms with Gasteiger partial charge < -0.3 is 10.2 Å². The molecule has 110 valence electrons.